The standard InChI is InChI=1S/C21H22IN5O2/c1-12-8-16(9-13(2)25-12)17-19(22)27-20(23)18(26-17)21(28)24-10-14-6-4-5-7-15(14)11-29-3/h4-9H,10-11H2,1-3H3,(H2,23,27)(H,24,28). The van der Waals surface area contributed by atoms with E-state index >= 15 is 0 Å². The van der Waals surface area contributed by atoms with E-state index in [1.165, 1.54) is 0 Å². The van der Waals surface area contributed by atoms with E-state index < -0.39 is 0 Å². The molecule has 1 amide bonds. The zero-order valence-corrected chi connectivity index (χ0v) is 18.6. The van der Waals surface area contributed by atoms with Gasteiger partial charge in [0.2, 0.25) is 0 Å². The maximum atomic E-state index is 12.8. The summed E-state index contributed by atoms with van der Waals surface area (Å²) in [4.78, 5) is 26.1. The van der Waals surface area contributed by atoms with Crippen molar-refractivity contribution in [2.45, 2.75) is 27.0 Å². The number of pyridine rings is 1. The average Bonchev–Trinajstić information content (AvgIpc) is 2.66. The molecule has 29 heavy (non-hydrogen) atoms. The lowest BCUT2D eigenvalue weighted by atomic mass is 10.1. The molecule has 0 unspecified atom stereocenters. The van der Waals surface area contributed by atoms with Gasteiger partial charge < -0.3 is 15.8 Å². The van der Waals surface area contributed by atoms with E-state index in [-0.39, 0.29) is 17.4 Å². The smallest absolute Gasteiger partial charge is 0.274 e. The van der Waals surface area contributed by atoms with Crippen LogP contribution >= 0.6 is 22.6 Å². The molecule has 2 aromatic heterocycles. The molecule has 150 valence electrons. The minimum Gasteiger partial charge on any atom is -0.382 e. The van der Waals surface area contributed by atoms with Crippen molar-refractivity contribution in [3.05, 3.63) is 68.3 Å². The second-order valence-corrected chi connectivity index (χ2v) is 7.64. The highest BCUT2D eigenvalue weighted by Gasteiger charge is 2.18. The number of nitrogens with two attached hydrogens (primary N) is 1. The lowest BCUT2D eigenvalue weighted by Gasteiger charge is -2.12. The maximum absolute atomic E-state index is 12.8. The third kappa shape index (κ3) is 5.07. The van der Waals surface area contributed by atoms with Crippen molar-refractivity contribution < 1.29 is 9.53 Å². The van der Waals surface area contributed by atoms with Crippen LogP contribution in [0.15, 0.2) is 36.4 Å². The molecule has 0 atom stereocenters. The number of hydrogen-bond acceptors (Lipinski definition) is 6. The summed E-state index contributed by atoms with van der Waals surface area (Å²) >= 11 is 2.08. The van der Waals surface area contributed by atoms with Crippen LogP contribution in [0.4, 0.5) is 5.82 Å². The number of anilines is 1. The van der Waals surface area contributed by atoms with Crippen molar-refractivity contribution in [3.63, 3.8) is 0 Å². The molecule has 0 spiro atoms. The molecule has 8 heteroatoms. The predicted molar refractivity (Wildman–Crippen MR) is 120 cm³/mol. The van der Waals surface area contributed by atoms with E-state index in [9.17, 15) is 4.79 Å². The third-order valence-corrected chi connectivity index (χ3v) is 5.06. The minimum atomic E-state index is -0.373. The molecule has 0 aliphatic heterocycles. The van der Waals surface area contributed by atoms with Crippen LogP contribution in [-0.4, -0.2) is 28.0 Å². The van der Waals surface area contributed by atoms with Crippen LogP contribution in [0.5, 0.6) is 0 Å². The summed E-state index contributed by atoms with van der Waals surface area (Å²) in [6, 6.07) is 11.6. The molecule has 0 saturated carbocycles. The van der Waals surface area contributed by atoms with Crippen molar-refractivity contribution in [2.75, 3.05) is 12.8 Å². The number of halogens is 1. The van der Waals surface area contributed by atoms with Crippen molar-refractivity contribution in [3.8, 4) is 11.3 Å². The molecule has 3 rings (SSSR count). The molecule has 3 aromatic rings. The minimum absolute atomic E-state index is 0.100. The molecule has 3 N–H and O–H groups in total. The van der Waals surface area contributed by atoms with Crippen LogP contribution in [0.3, 0.4) is 0 Å². The highest BCUT2D eigenvalue weighted by molar-refractivity contribution is 14.1. The van der Waals surface area contributed by atoms with Gasteiger partial charge in [-0.2, -0.15) is 0 Å². The second-order valence-electron chi connectivity index (χ2n) is 6.62. The van der Waals surface area contributed by atoms with E-state index in [4.69, 9.17) is 10.5 Å². The van der Waals surface area contributed by atoms with Crippen LogP contribution in [0.2, 0.25) is 0 Å². The van der Waals surface area contributed by atoms with Crippen LogP contribution < -0.4 is 11.1 Å². The number of nitrogen functional groups attached to an aromatic ring is 1. The predicted octanol–water partition coefficient (Wildman–Crippen LogP) is 3.42. The first kappa shape index (κ1) is 21.1. The number of aryl methyl sites for hydroxylation is 2. The Morgan fingerprint density at radius 1 is 1.10 bits per heavy atom. The number of hydrogen-bond donors (Lipinski definition) is 2. The van der Waals surface area contributed by atoms with Crippen LogP contribution in [0, 0.1) is 17.5 Å². The summed E-state index contributed by atoms with van der Waals surface area (Å²) in [6.07, 6.45) is 0. The summed E-state index contributed by atoms with van der Waals surface area (Å²) in [5.74, 6) is -0.273. The second kappa shape index (κ2) is 9.27. The Labute approximate surface area is 183 Å². The van der Waals surface area contributed by atoms with Gasteiger partial charge in [0.15, 0.2) is 11.5 Å². The number of carbonyl (C=O) groups excluding carboxylic acids is 1. The maximum Gasteiger partial charge on any atom is 0.274 e. The highest BCUT2D eigenvalue weighted by atomic mass is 127. The number of methoxy groups -OCH3 is 1. The zero-order chi connectivity index (χ0) is 21.0. The highest BCUT2D eigenvalue weighted by Crippen LogP contribution is 2.25. The van der Waals surface area contributed by atoms with Gasteiger partial charge in [0.05, 0.1) is 6.61 Å². The number of benzene rings is 1. The number of carbonyl (C=O) groups is 1. The quantitative estimate of drug-likeness (QED) is 0.500. The fourth-order valence-corrected chi connectivity index (χ4v) is 3.73. The molecule has 7 nitrogen and oxygen atoms in total. The number of nitrogens with zero attached hydrogens (tertiary/aromatic N) is 3. The Morgan fingerprint density at radius 3 is 2.41 bits per heavy atom. The zero-order valence-electron chi connectivity index (χ0n) is 16.5. The Kier molecular flexibility index (Phi) is 6.75. The molecule has 0 radical (unpaired) electrons. The van der Waals surface area contributed by atoms with Gasteiger partial charge >= 0.3 is 0 Å². The molecular weight excluding hydrogens is 481 g/mol. The van der Waals surface area contributed by atoms with Gasteiger partial charge in [-0.05, 0) is 59.7 Å². The molecule has 0 fully saturated rings. The van der Waals surface area contributed by atoms with Crippen molar-refractivity contribution in [1.29, 1.82) is 0 Å². The summed E-state index contributed by atoms with van der Waals surface area (Å²) in [5.41, 5.74) is 11.3. The van der Waals surface area contributed by atoms with Gasteiger partial charge in [-0.15, -0.1) is 0 Å². The van der Waals surface area contributed by atoms with Gasteiger partial charge in [-0.3, -0.25) is 9.78 Å². The SMILES string of the molecule is COCc1ccccc1CNC(=O)c1nc(-c2cc(C)nc(C)c2)c(I)nc1N. The molecule has 0 bridgehead atoms. The molecule has 2 heterocycles. The Balaban J connectivity index is 1.88. The van der Waals surface area contributed by atoms with Gasteiger partial charge in [0, 0.05) is 30.6 Å². The first-order chi connectivity index (χ1) is 13.9. The Bertz CT molecular complexity index is 1030. The monoisotopic (exact) mass is 503 g/mol. The van der Waals surface area contributed by atoms with Gasteiger partial charge in [0.1, 0.15) is 9.39 Å². The van der Waals surface area contributed by atoms with E-state index in [1.54, 1.807) is 7.11 Å². The van der Waals surface area contributed by atoms with E-state index in [1.807, 2.05) is 50.2 Å². The molecule has 1 aromatic carbocycles. The topological polar surface area (TPSA) is 103 Å². The van der Waals surface area contributed by atoms with E-state index in [2.05, 4.69) is 42.9 Å². The van der Waals surface area contributed by atoms with Crippen molar-refractivity contribution >= 4 is 34.3 Å². The Morgan fingerprint density at radius 2 is 1.76 bits per heavy atom. The number of nitrogens with one attached hydrogen (secondary N) is 1. The number of aromatic nitrogens is 3. The molecule has 0 aliphatic rings. The number of ether oxygens (including phenoxy) is 1. The van der Waals surface area contributed by atoms with E-state index in [0.717, 1.165) is 28.1 Å². The summed E-state index contributed by atoms with van der Waals surface area (Å²) < 4.78 is 5.85. The van der Waals surface area contributed by atoms with Crippen molar-refractivity contribution in [1.82, 2.24) is 20.3 Å². The summed E-state index contributed by atoms with van der Waals surface area (Å²) in [6.45, 7) is 4.65. The lowest BCUT2D eigenvalue weighted by Crippen LogP contribution is -2.26. The first-order valence-corrected chi connectivity index (χ1v) is 10.1. The summed E-state index contributed by atoms with van der Waals surface area (Å²) in [5, 5.41) is 2.88. The first-order valence-electron chi connectivity index (χ1n) is 9.01. The van der Waals surface area contributed by atoms with Gasteiger partial charge in [-0.1, -0.05) is 24.3 Å². The normalized spacial score (nSPS) is 10.8. The van der Waals surface area contributed by atoms with Crippen LogP contribution in [0.1, 0.15) is 33.0 Å². The van der Waals surface area contributed by atoms with Crippen LogP contribution in [-0.2, 0) is 17.9 Å². The van der Waals surface area contributed by atoms with Gasteiger partial charge in [-0.25, -0.2) is 9.97 Å². The molecule has 0 aliphatic carbocycles. The average molecular weight is 503 g/mol. The third-order valence-electron chi connectivity index (χ3n) is 4.31. The number of rotatable bonds is 6. The fourth-order valence-electron chi connectivity index (χ4n) is 3.03. The number of amides is 1. The Hall–Kier alpha value is -2.59. The molecule has 0 saturated heterocycles. The van der Waals surface area contributed by atoms with E-state index in [0.29, 0.717) is 22.5 Å². The fraction of sp³-hybridized carbons (Fsp3) is 0.238. The van der Waals surface area contributed by atoms with Gasteiger partial charge in [0.25, 0.3) is 5.91 Å². The lowest BCUT2D eigenvalue weighted by molar-refractivity contribution is 0.0946. The summed E-state index contributed by atoms with van der Waals surface area (Å²) in [7, 11) is 1.64. The van der Waals surface area contributed by atoms with Crippen molar-refractivity contribution in [2.24, 2.45) is 0 Å². The molecular formula is C21H22IN5O2. The largest absolute Gasteiger partial charge is 0.382 e. The van der Waals surface area contributed by atoms with Crippen LogP contribution in [0.25, 0.3) is 11.3 Å².